The van der Waals surface area contributed by atoms with Gasteiger partial charge in [0, 0.05) is 30.5 Å². The molecule has 0 aliphatic carbocycles. The van der Waals surface area contributed by atoms with E-state index in [4.69, 9.17) is 8.94 Å². The lowest BCUT2D eigenvalue weighted by atomic mass is 10.2. The number of carbonyl (C=O) groups is 1. The average Bonchev–Trinajstić information content (AvgIpc) is 3.34. The first-order valence-corrected chi connectivity index (χ1v) is 8.66. The fourth-order valence-electron chi connectivity index (χ4n) is 2.65. The summed E-state index contributed by atoms with van der Waals surface area (Å²) in [5.74, 6) is 1.59. The number of hydrogen-bond acceptors (Lipinski definition) is 7. The van der Waals surface area contributed by atoms with E-state index in [9.17, 15) is 9.59 Å². The minimum atomic E-state index is -0.183. The second kappa shape index (κ2) is 6.60. The van der Waals surface area contributed by atoms with Gasteiger partial charge >= 0.3 is 0 Å². The van der Waals surface area contributed by atoms with E-state index in [0.717, 1.165) is 0 Å². The van der Waals surface area contributed by atoms with Gasteiger partial charge in [0.2, 0.25) is 11.7 Å². The monoisotopic (exact) mass is 358 g/mol. The fourth-order valence-corrected chi connectivity index (χ4v) is 3.77. The molecule has 3 aromatic heterocycles. The Morgan fingerprint density at radius 1 is 1.40 bits per heavy atom. The van der Waals surface area contributed by atoms with Gasteiger partial charge in [-0.2, -0.15) is 0 Å². The molecule has 1 aliphatic heterocycles. The molecular formula is C16H14N4O4S. The van der Waals surface area contributed by atoms with Crippen molar-refractivity contribution in [1.29, 1.82) is 0 Å². The minimum absolute atomic E-state index is 0.132. The van der Waals surface area contributed by atoms with Crippen LogP contribution in [0.25, 0.3) is 11.5 Å². The minimum Gasteiger partial charge on any atom is -0.461 e. The maximum Gasteiger partial charge on any atom is 0.254 e. The van der Waals surface area contributed by atoms with Crippen LogP contribution in [0.5, 0.6) is 0 Å². The van der Waals surface area contributed by atoms with E-state index in [1.807, 2.05) is 0 Å². The summed E-state index contributed by atoms with van der Waals surface area (Å²) in [6.07, 6.45) is 3.26. The predicted octanol–water partition coefficient (Wildman–Crippen LogP) is 1.84. The van der Waals surface area contributed by atoms with E-state index in [1.54, 1.807) is 29.0 Å². The number of rotatable bonds is 5. The highest BCUT2D eigenvalue weighted by Gasteiger charge is 2.26. The first-order chi connectivity index (χ1) is 12.2. The van der Waals surface area contributed by atoms with Gasteiger partial charge in [0.25, 0.3) is 5.56 Å². The molecule has 1 amide bonds. The van der Waals surface area contributed by atoms with E-state index < -0.39 is 0 Å². The topological polar surface area (TPSA) is 103 Å². The zero-order chi connectivity index (χ0) is 17.2. The molecule has 128 valence electrons. The summed E-state index contributed by atoms with van der Waals surface area (Å²) >= 11 is 1.48. The van der Waals surface area contributed by atoms with Crippen LogP contribution in [0.2, 0.25) is 0 Å². The molecule has 0 bridgehead atoms. The van der Waals surface area contributed by atoms with Gasteiger partial charge < -0.3 is 14.3 Å². The summed E-state index contributed by atoms with van der Waals surface area (Å²) in [4.78, 5) is 28.3. The Labute approximate surface area is 146 Å². The molecule has 0 radical (unpaired) electrons. The lowest BCUT2D eigenvalue weighted by Crippen LogP contribution is -2.30. The quantitative estimate of drug-likeness (QED) is 0.694. The maximum atomic E-state index is 12.2. The third kappa shape index (κ3) is 3.22. The maximum absolute atomic E-state index is 12.2. The normalized spacial score (nSPS) is 15.9. The average molecular weight is 358 g/mol. The number of furan rings is 1. The van der Waals surface area contributed by atoms with Crippen LogP contribution < -0.4 is 10.9 Å². The molecule has 0 spiro atoms. The van der Waals surface area contributed by atoms with Gasteiger partial charge in [-0.05, 0) is 12.1 Å². The van der Waals surface area contributed by atoms with Gasteiger partial charge in [0.1, 0.15) is 5.69 Å². The Balaban J connectivity index is 1.36. The Kier molecular flexibility index (Phi) is 4.14. The number of amides is 1. The molecule has 8 nitrogen and oxygen atoms in total. The van der Waals surface area contributed by atoms with Crippen molar-refractivity contribution in [3.8, 4) is 11.5 Å². The zero-order valence-electron chi connectivity index (χ0n) is 13.0. The van der Waals surface area contributed by atoms with Crippen LogP contribution in [0, 0.1) is 0 Å². The number of hydrogen-bond donors (Lipinski definition) is 1. The van der Waals surface area contributed by atoms with E-state index in [2.05, 4.69) is 15.5 Å². The van der Waals surface area contributed by atoms with Crippen molar-refractivity contribution in [2.24, 2.45) is 0 Å². The summed E-state index contributed by atoms with van der Waals surface area (Å²) in [5.41, 5.74) is 0.465. The van der Waals surface area contributed by atoms with Gasteiger partial charge in [0.05, 0.1) is 18.8 Å². The molecule has 4 heterocycles. The summed E-state index contributed by atoms with van der Waals surface area (Å²) in [5, 5.41) is 7.36. The van der Waals surface area contributed by atoms with Crippen LogP contribution in [-0.4, -0.2) is 26.4 Å². The van der Waals surface area contributed by atoms with Crippen LogP contribution in [0.3, 0.4) is 0 Å². The summed E-state index contributed by atoms with van der Waals surface area (Å²) in [6, 6.07) is 6.47. The number of thioether (sulfide) groups is 1. The highest BCUT2D eigenvalue weighted by atomic mass is 32.2. The smallest absolute Gasteiger partial charge is 0.254 e. The number of nitrogens with one attached hydrogen (secondary N) is 1. The zero-order valence-corrected chi connectivity index (χ0v) is 13.9. The molecule has 0 fully saturated rings. The number of nitrogens with zero attached hydrogens (tertiary/aromatic N) is 3. The van der Waals surface area contributed by atoms with E-state index in [1.165, 1.54) is 24.0 Å². The first-order valence-electron chi connectivity index (χ1n) is 7.67. The van der Waals surface area contributed by atoms with E-state index in [-0.39, 0.29) is 30.5 Å². The molecule has 1 atom stereocenters. The summed E-state index contributed by atoms with van der Waals surface area (Å²) in [7, 11) is 0. The second-order valence-corrected chi connectivity index (χ2v) is 6.53. The molecule has 9 heteroatoms. The van der Waals surface area contributed by atoms with Gasteiger partial charge in [0.15, 0.2) is 10.9 Å². The van der Waals surface area contributed by atoms with Crippen LogP contribution >= 0.6 is 11.8 Å². The van der Waals surface area contributed by atoms with Crippen LogP contribution in [-0.2, 0) is 11.3 Å². The lowest BCUT2D eigenvalue weighted by molar-refractivity contribution is -0.121. The fraction of sp³-hybridized carbons (Fsp3) is 0.250. The molecule has 0 unspecified atom stereocenters. The van der Waals surface area contributed by atoms with Gasteiger partial charge in [-0.15, -0.1) is 0 Å². The van der Waals surface area contributed by atoms with Gasteiger partial charge in [-0.25, -0.2) is 4.98 Å². The van der Waals surface area contributed by atoms with Gasteiger partial charge in [-0.1, -0.05) is 16.9 Å². The standard InChI is InChI=1S/C16H14N4O4S/c21-14(7-11-9-25-16-17-4-3-15(22)20(11)16)18-8-10-6-13(24-19-10)12-2-1-5-23-12/h1-6,11H,7-9H2,(H,18,21)/t11-/m1/s1. The van der Waals surface area contributed by atoms with Crippen LogP contribution in [0.1, 0.15) is 18.2 Å². The number of carbonyl (C=O) groups excluding carboxylic acids is 1. The van der Waals surface area contributed by atoms with Gasteiger partial charge in [-0.3, -0.25) is 14.2 Å². The van der Waals surface area contributed by atoms with Crippen molar-refractivity contribution in [2.75, 3.05) is 5.75 Å². The Bertz CT molecular complexity index is 947. The van der Waals surface area contributed by atoms with Crippen molar-refractivity contribution < 1.29 is 13.7 Å². The second-order valence-electron chi connectivity index (χ2n) is 5.54. The SMILES string of the molecule is O=C(C[C@@H]1CSc2nccc(=O)n21)NCc1cc(-c2ccco2)on1. The molecule has 0 saturated heterocycles. The number of aromatic nitrogens is 3. The van der Waals surface area contributed by atoms with Crippen molar-refractivity contribution in [3.63, 3.8) is 0 Å². The Morgan fingerprint density at radius 2 is 2.32 bits per heavy atom. The highest BCUT2D eigenvalue weighted by Crippen LogP contribution is 2.31. The van der Waals surface area contributed by atoms with Crippen LogP contribution in [0.15, 0.2) is 55.6 Å². The lowest BCUT2D eigenvalue weighted by Gasteiger charge is -2.12. The summed E-state index contributed by atoms with van der Waals surface area (Å²) < 4.78 is 12.0. The third-order valence-electron chi connectivity index (χ3n) is 3.83. The Morgan fingerprint density at radius 3 is 3.16 bits per heavy atom. The molecule has 25 heavy (non-hydrogen) atoms. The molecule has 0 saturated carbocycles. The largest absolute Gasteiger partial charge is 0.461 e. The van der Waals surface area contributed by atoms with Crippen molar-refractivity contribution in [2.45, 2.75) is 24.2 Å². The molecular weight excluding hydrogens is 344 g/mol. The molecule has 4 rings (SSSR count). The molecule has 3 aromatic rings. The Hall–Kier alpha value is -2.81. The van der Waals surface area contributed by atoms with Crippen molar-refractivity contribution in [1.82, 2.24) is 20.0 Å². The van der Waals surface area contributed by atoms with Crippen LogP contribution in [0.4, 0.5) is 0 Å². The number of fused-ring (bicyclic) bond motifs is 1. The van der Waals surface area contributed by atoms with E-state index in [0.29, 0.717) is 28.1 Å². The third-order valence-corrected chi connectivity index (χ3v) is 4.94. The highest BCUT2D eigenvalue weighted by molar-refractivity contribution is 7.99. The van der Waals surface area contributed by atoms with Crippen molar-refractivity contribution >= 4 is 17.7 Å². The van der Waals surface area contributed by atoms with Crippen molar-refractivity contribution in [3.05, 3.63) is 52.8 Å². The molecule has 1 N–H and O–H groups in total. The summed E-state index contributed by atoms with van der Waals surface area (Å²) in [6.45, 7) is 0.248. The predicted molar refractivity (Wildman–Crippen MR) is 88.9 cm³/mol. The molecule has 1 aliphatic rings. The first kappa shape index (κ1) is 15.7. The van der Waals surface area contributed by atoms with E-state index >= 15 is 0 Å². The molecule has 0 aromatic carbocycles.